The van der Waals surface area contributed by atoms with Crippen LogP contribution >= 0.6 is 0 Å². The molecule has 1 amide bonds. The highest BCUT2D eigenvalue weighted by atomic mass is 19.1. The number of hydrogen-bond acceptors (Lipinski definition) is 2. The number of Topliss-reactive ketones (excluding diaryl/α,β-unsaturated/α-hetero) is 1. The van der Waals surface area contributed by atoms with Crippen molar-refractivity contribution in [2.24, 2.45) is 5.92 Å². The van der Waals surface area contributed by atoms with Gasteiger partial charge in [0.2, 0.25) is 0 Å². The second-order valence-corrected chi connectivity index (χ2v) is 5.56. The molecule has 0 saturated heterocycles. The maximum absolute atomic E-state index is 13.8. The third-order valence-electron chi connectivity index (χ3n) is 3.33. The van der Waals surface area contributed by atoms with Crippen molar-refractivity contribution in [3.8, 4) is 0 Å². The van der Waals surface area contributed by atoms with Crippen LogP contribution in [0.15, 0.2) is 54.1 Å². The van der Waals surface area contributed by atoms with E-state index in [4.69, 9.17) is 0 Å². The molecular weight excluding hydrogens is 312 g/mol. The molecule has 0 heterocycles. The average Bonchev–Trinajstić information content (AvgIpc) is 2.54. The van der Waals surface area contributed by atoms with Gasteiger partial charge in [-0.15, -0.1) is 0 Å². The van der Waals surface area contributed by atoms with E-state index in [9.17, 15) is 18.4 Å². The van der Waals surface area contributed by atoms with Gasteiger partial charge in [-0.25, -0.2) is 8.78 Å². The molecule has 0 aromatic heterocycles. The Morgan fingerprint density at radius 3 is 2.29 bits per heavy atom. The molecule has 0 aliphatic rings. The number of rotatable bonds is 5. The summed E-state index contributed by atoms with van der Waals surface area (Å²) in [4.78, 5) is 24.8. The smallest absolute Gasteiger partial charge is 0.259 e. The highest BCUT2D eigenvalue weighted by molar-refractivity contribution is 6.26. The van der Waals surface area contributed by atoms with Crippen molar-refractivity contribution in [2.45, 2.75) is 13.8 Å². The lowest BCUT2D eigenvalue weighted by atomic mass is 9.98. The standard InChI is InChI=1S/C19H17F2NO2/c1-12(2)18(23)16(10-13-8-9-14(20)11-17(13)21)19(24)22-15-6-4-3-5-7-15/h3-12H,1-2H3,(H,22,24)/b16-10-. The van der Waals surface area contributed by atoms with Gasteiger partial charge in [0.25, 0.3) is 5.91 Å². The van der Waals surface area contributed by atoms with E-state index in [1.165, 1.54) is 6.07 Å². The van der Waals surface area contributed by atoms with Gasteiger partial charge in [-0.2, -0.15) is 0 Å². The zero-order chi connectivity index (χ0) is 17.7. The summed E-state index contributed by atoms with van der Waals surface area (Å²) in [5, 5.41) is 2.60. The van der Waals surface area contributed by atoms with Crippen molar-refractivity contribution >= 4 is 23.5 Å². The topological polar surface area (TPSA) is 46.2 Å². The Bertz CT molecular complexity index is 783. The van der Waals surface area contributed by atoms with Crippen LogP contribution in [0.1, 0.15) is 19.4 Å². The normalized spacial score (nSPS) is 11.5. The SMILES string of the molecule is CC(C)C(=O)/C(=C/c1ccc(F)cc1F)C(=O)Nc1ccccc1. The Morgan fingerprint density at radius 2 is 1.71 bits per heavy atom. The third-order valence-corrected chi connectivity index (χ3v) is 3.33. The lowest BCUT2D eigenvalue weighted by Crippen LogP contribution is -2.23. The molecule has 0 aliphatic carbocycles. The van der Waals surface area contributed by atoms with Crippen LogP contribution in [0.5, 0.6) is 0 Å². The van der Waals surface area contributed by atoms with E-state index in [-0.39, 0.29) is 11.1 Å². The fourth-order valence-electron chi connectivity index (χ4n) is 2.05. The summed E-state index contributed by atoms with van der Waals surface area (Å²) in [6, 6.07) is 11.6. The van der Waals surface area contributed by atoms with Crippen molar-refractivity contribution in [2.75, 3.05) is 5.32 Å². The predicted octanol–water partition coefficient (Wildman–Crippen LogP) is 4.21. The molecule has 24 heavy (non-hydrogen) atoms. The summed E-state index contributed by atoms with van der Waals surface area (Å²) >= 11 is 0. The van der Waals surface area contributed by atoms with Crippen LogP contribution in [0.25, 0.3) is 6.08 Å². The molecule has 0 bridgehead atoms. The van der Waals surface area contributed by atoms with Crippen molar-refractivity contribution in [1.29, 1.82) is 0 Å². The summed E-state index contributed by atoms with van der Waals surface area (Å²) in [6.07, 6.45) is 1.15. The van der Waals surface area contributed by atoms with Crippen LogP contribution in [0.4, 0.5) is 14.5 Å². The number of anilines is 1. The monoisotopic (exact) mass is 329 g/mol. The van der Waals surface area contributed by atoms with Gasteiger partial charge in [0.15, 0.2) is 5.78 Å². The Morgan fingerprint density at radius 1 is 1.04 bits per heavy atom. The predicted molar refractivity (Wildman–Crippen MR) is 89.3 cm³/mol. The van der Waals surface area contributed by atoms with Gasteiger partial charge < -0.3 is 5.32 Å². The number of amides is 1. The van der Waals surface area contributed by atoms with Gasteiger partial charge in [-0.1, -0.05) is 32.0 Å². The van der Waals surface area contributed by atoms with E-state index in [1.807, 2.05) is 0 Å². The summed E-state index contributed by atoms with van der Waals surface area (Å²) < 4.78 is 26.8. The molecule has 5 heteroatoms. The van der Waals surface area contributed by atoms with Gasteiger partial charge >= 0.3 is 0 Å². The number of carbonyl (C=O) groups is 2. The molecule has 2 aromatic rings. The molecule has 0 unspecified atom stereocenters. The van der Waals surface area contributed by atoms with Crippen LogP contribution in [0.3, 0.4) is 0 Å². The molecule has 0 atom stereocenters. The third kappa shape index (κ3) is 4.35. The van der Waals surface area contributed by atoms with E-state index in [2.05, 4.69) is 5.32 Å². The van der Waals surface area contributed by atoms with Crippen molar-refractivity contribution in [1.82, 2.24) is 0 Å². The van der Waals surface area contributed by atoms with E-state index >= 15 is 0 Å². The highest BCUT2D eigenvalue weighted by Gasteiger charge is 2.21. The number of halogens is 2. The van der Waals surface area contributed by atoms with E-state index in [0.29, 0.717) is 11.8 Å². The Balaban J connectivity index is 2.39. The van der Waals surface area contributed by atoms with Crippen LogP contribution < -0.4 is 5.32 Å². The molecule has 0 radical (unpaired) electrons. The minimum absolute atomic E-state index is 0.0244. The lowest BCUT2D eigenvalue weighted by molar-refractivity contribution is -0.121. The molecule has 0 saturated carbocycles. The van der Waals surface area contributed by atoms with Crippen molar-refractivity contribution in [3.63, 3.8) is 0 Å². The summed E-state index contributed by atoms with van der Waals surface area (Å²) in [5.74, 6) is -3.07. The maximum Gasteiger partial charge on any atom is 0.259 e. The second kappa shape index (κ2) is 7.64. The van der Waals surface area contributed by atoms with Gasteiger partial charge in [-0.3, -0.25) is 9.59 Å². The summed E-state index contributed by atoms with van der Waals surface area (Å²) in [5.41, 5.74) is 0.313. The quantitative estimate of drug-likeness (QED) is 0.507. The zero-order valence-electron chi connectivity index (χ0n) is 13.3. The fourth-order valence-corrected chi connectivity index (χ4v) is 2.05. The minimum Gasteiger partial charge on any atom is -0.322 e. The van der Waals surface area contributed by atoms with Crippen LogP contribution in [-0.2, 0) is 9.59 Å². The van der Waals surface area contributed by atoms with E-state index in [0.717, 1.165) is 12.1 Å². The molecule has 0 fully saturated rings. The Hall–Kier alpha value is -2.82. The zero-order valence-corrected chi connectivity index (χ0v) is 13.3. The first-order chi connectivity index (χ1) is 11.4. The molecular formula is C19H17F2NO2. The van der Waals surface area contributed by atoms with Gasteiger partial charge in [0, 0.05) is 23.2 Å². The first kappa shape index (κ1) is 17.5. The Kier molecular flexibility index (Phi) is 5.58. The molecule has 0 spiro atoms. The molecule has 1 N–H and O–H groups in total. The maximum atomic E-state index is 13.8. The summed E-state index contributed by atoms with van der Waals surface area (Å²) in [6.45, 7) is 3.29. The van der Waals surface area contributed by atoms with Crippen molar-refractivity contribution < 1.29 is 18.4 Å². The first-order valence-electron chi connectivity index (χ1n) is 7.46. The number of nitrogens with one attached hydrogen (secondary N) is 1. The van der Waals surface area contributed by atoms with E-state index in [1.54, 1.807) is 44.2 Å². The summed E-state index contributed by atoms with van der Waals surface area (Å²) in [7, 11) is 0. The largest absolute Gasteiger partial charge is 0.322 e. The Labute approximate surface area is 139 Å². The van der Waals surface area contributed by atoms with Crippen LogP contribution in [0.2, 0.25) is 0 Å². The first-order valence-corrected chi connectivity index (χ1v) is 7.46. The van der Waals surface area contributed by atoms with Crippen LogP contribution in [-0.4, -0.2) is 11.7 Å². The number of para-hydroxylation sites is 1. The molecule has 2 aromatic carbocycles. The average molecular weight is 329 g/mol. The molecule has 2 rings (SSSR count). The molecule has 124 valence electrons. The van der Waals surface area contributed by atoms with Gasteiger partial charge in [0.1, 0.15) is 11.6 Å². The second-order valence-electron chi connectivity index (χ2n) is 5.56. The number of benzene rings is 2. The number of ketones is 1. The molecule has 3 nitrogen and oxygen atoms in total. The minimum atomic E-state index is -0.837. The van der Waals surface area contributed by atoms with E-state index < -0.39 is 29.2 Å². The highest BCUT2D eigenvalue weighted by Crippen LogP contribution is 2.18. The van der Waals surface area contributed by atoms with Gasteiger partial charge in [-0.05, 0) is 30.3 Å². The lowest BCUT2D eigenvalue weighted by Gasteiger charge is -2.11. The molecule has 0 aliphatic heterocycles. The fraction of sp³-hybridized carbons (Fsp3) is 0.158. The van der Waals surface area contributed by atoms with Crippen LogP contribution in [0, 0.1) is 17.6 Å². The number of hydrogen-bond donors (Lipinski definition) is 1. The van der Waals surface area contributed by atoms with Crippen molar-refractivity contribution in [3.05, 3.63) is 71.3 Å². The van der Waals surface area contributed by atoms with Gasteiger partial charge in [0.05, 0.1) is 5.57 Å². The number of carbonyl (C=O) groups excluding carboxylic acids is 2.